The lowest BCUT2D eigenvalue weighted by Crippen LogP contribution is -2.21. The van der Waals surface area contributed by atoms with Crippen molar-refractivity contribution in [3.63, 3.8) is 0 Å². The summed E-state index contributed by atoms with van der Waals surface area (Å²) in [6, 6.07) is 11.1. The van der Waals surface area contributed by atoms with E-state index >= 15 is 0 Å². The summed E-state index contributed by atoms with van der Waals surface area (Å²) in [5, 5.41) is 21.8. The molecule has 0 radical (unpaired) electrons. The molecule has 2 unspecified atom stereocenters. The second kappa shape index (κ2) is 6.34. The minimum Gasteiger partial charge on any atom is -0.351 e. The molecule has 25 heavy (non-hydrogen) atoms. The third kappa shape index (κ3) is 3.03. The van der Waals surface area contributed by atoms with Gasteiger partial charge in [-0.25, -0.2) is 0 Å². The maximum atomic E-state index is 12.6. The minimum atomic E-state index is -0.895. The van der Waals surface area contributed by atoms with Crippen molar-refractivity contribution in [2.75, 3.05) is 5.33 Å². The monoisotopic (exact) mass is 406 g/mol. The number of carbonyl (C=O) groups is 1. The summed E-state index contributed by atoms with van der Waals surface area (Å²) in [6.07, 6.45) is -0.755. The predicted molar refractivity (Wildman–Crippen MR) is 90.9 cm³/mol. The summed E-state index contributed by atoms with van der Waals surface area (Å²) in [4.78, 5) is 33.0. The molecule has 0 bridgehead atoms. The molecule has 2 aromatic rings. The number of alkyl halides is 1. The molecule has 0 aromatic heterocycles. The molecule has 2 atom stereocenters. The van der Waals surface area contributed by atoms with E-state index in [1.807, 2.05) is 0 Å². The zero-order chi connectivity index (χ0) is 18.2. The van der Waals surface area contributed by atoms with Gasteiger partial charge in [-0.2, -0.15) is 0 Å². The van der Waals surface area contributed by atoms with Gasteiger partial charge in [0.15, 0.2) is 11.9 Å². The Balaban J connectivity index is 1.83. The SMILES string of the molecule is O=C(c1ccc([N+](=O)[O-])cc1)C1OC1(CBr)c1ccc([N+](=O)[O-])cc1. The average molecular weight is 407 g/mol. The van der Waals surface area contributed by atoms with Gasteiger partial charge in [-0.15, -0.1) is 0 Å². The van der Waals surface area contributed by atoms with E-state index in [9.17, 15) is 25.0 Å². The van der Waals surface area contributed by atoms with Crippen LogP contribution in [0.2, 0.25) is 0 Å². The van der Waals surface area contributed by atoms with Gasteiger partial charge >= 0.3 is 0 Å². The molecule has 0 amide bonds. The van der Waals surface area contributed by atoms with Crippen LogP contribution in [0.15, 0.2) is 48.5 Å². The molecule has 1 aliphatic rings. The Morgan fingerprint density at radius 3 is 1.92 bits per heavy atom. The summed E-state index contributed by atoms with van der Waals surface area (Å²) < 4.78 is 5.63. The first-order valence-corrected chi connectivity index (χ1v) is 8.28. The van der Waals surface area contributed by atoms with E-state index in [1.165, 1.54) is 36.4 Å². The highest BCUT2D eigenvalue weighted by molar-refractivity contribution is 9.09. The fourth-order valence-corrected chi connectivity index (χ4v) is 3.35. The van der Waals surface area contributed by atoms with Crippen LogP contribution < -0.4 is 0 Å². The van der Waals surface area contributed by atoms with Crippen LogP contribution in [0.1, 0.15) is 15.9 Å². The van der Waals surface area contributed by atoms with E-state index in [1.54, 1.807) is 12.1 Å². The van der Waals surface area contributed by atoms with Gasteiger partial charge in [0.1, 0.15) is 5.60 Å². The van der Waals surface area contributed by atoms with Crippen LogP contribution in [-0.4, -0.2) is 27.1 Å². The number of nitrogens with zero attached hydrogens (tertiary/aromatic N) is 2. The summed E-state index contributed by atoms with van der Waals surface area (Å²) in [6.45, 7) is 0. The summed E-state index contributed by atoms with van der Waals surface area (Å²) in [5.41, 5.74) is -0.0908. The molecular formula is C16H11BrN2O6. The van der Waals surface area contributed by atoms with E-state index in [2.05, 4.69) is 15.9 Å². The molecule has 9 heteroatoms. The number of non-ortho nitro benzene ring substituents is 2. The maximum Gasteiger partial charge on any atom is 0.269 e. The second-order valence-electron chi connectivity index (χ2n) is 5.49. The number of ketones is 1. The highest BCUT2D eigenvalue weighted by atomic mass is 79.9. The van der Waals surface area contributed by atoms with Gasteiger partial charge in [0.25, 0.3) is 11.4 Å². The lowest BCUT2D eigenvalue weighted by Gasteiger charge is -2.09. The molecule has 1 fully saturated rings. The number of rotatable bonds is 6. The number of Topliss-reactive ketones (excluding diaryl/α,β-unsaturated/α-hetero) is 1. The molecule has 3 rings (SSSR count). The minimum absolute atomic E-state index is 0.0487. The van der Waals surface area contributed by atoms with Crippen molar-refractivity contribution in [3.05, 3.63) is 79.9 Å². The summed E-state index contributed by atoms with van der Waals surface area (Å²) in [5.74, 6) is -0.298. The van der Waals surface area contributed by atoms with Gasteiger partial charge in [0, 0.05) is 35.2 Å². The summed E-state index contributed by atoms with van der Waals surface area (Å²) in [7, 11) is 0. The molecule has 8 nitrogen and oxygen atoms in total. The first-order valence-electron chi connectivity index (χ1n) is 7.16. The largest absolute Gasteiger partial charge is 0.351 e. The Morgan fingerprint density at radius 1 is 1.00 bits per heavy atom. The van der Waals surface area contributed by atoms with Crippen LogP contribution >= 0.6 is 15.9 Å². The highest BCUT2D eigenvalue weighted by Gasteiger charge is 2.61. The fraction of sp³-hybridized carbons (Fsp3) is 0.188. The van der Waals surface area contributed by atoms with E-state index in [0.717, 1.165) is 0 Å². The van der Waals surface area contributed by atoms with E-state index in [0.29, 0.717) is 16.5 Å². The third-order valence-electron chi connectivity index (χ3n) is 4.06. The normalized spacial score (nSPS) is 21.6. The Bertz CT molecular complexity index is 852. The van der Waals surface area contributed by atoms with Crippen LogP contribution in [0.25, 0.3) is 0 Å². The first-order chi connectivity index (χ1) is 11.9. The summed E-state index contributed by atoms with van der Waals surface area (Å²) >= 11 is 3.33. The van der Waals surface area contributed by atoms with Crippen molar-refractivity contribution in [1.82, 2.24) is 0 Å². The molecule has 128 valence electrons. The zero-order valence-corrected chi connectivity index (χ0v) is 14.2. The van der Waals surface area contributed by atoms with Gasteiger partial charge in [0.05, 0.1) is 9.85 Å². The fourth-order valence-electron chi connectivity index (χ4n) is 2.60. The zero-order valence-electron chi connectivity index (χ0n) is 12.6. The number of halogens is 1. The quantitative estimate of drug-likeness (QED) is 0.238. The van der Waals surface area contributed by atoms with Gasteiger partial charge in [0.2, 0.25) is 0 Å². The number of epoxide rings is 1. The Labute approximate surface area is 149 Å². The van der Waals surface area contributed by atoms with Crippen LogP contribution in [0.4, 0.5) is 11.4 Å². The number of nitro groups is 2. The van der Waals surface area contributed by atoms with Crippen molar-refractivity contribution in [2.45, 2.75) is 11.7 Å². The van der Waals surface area contributed by atoms with Gasteiger partial charge in [-0.3, -0.25) is 25.0 Å². The molecule has 0 N–H and O–H groups in total. The van der Waals surface area contributed by atoms with Gasteiger partial charge in [-0.05, 0) is 29.8 Å². The molecular weight excluding hydrogens is 396 g/mol. The molecule has 0 saturated carbocycles. The first kappa shape index (κ1) is 17.2. The molecule has 0 spiro atoms. The van der Waals surface area contributed by atoms with Crippen LogP contribution in [0.3, 0.4) is 0 Å². The number of hydrogen-bond acceptors (Lipinski definition) is 6. The topological polar surface area (TPSA) is 116 Å². The van der Waals surface area contributed by atoms with Crippen molar-refractivity contribution in [1.29, 1.82) is 0 Å². The molecule has 2 aromatic carbocycles. The van der Waals surface area contributed by atoms with E-state index in [-0.39, 0.29) is 17.2 Å². The lowest BCUT2D eigenvalue weighted by molar-refractivity contribution is -0.385. The van der Waals surface area contributed by atoms with Crippen molar-refractivity contribution < 1.29 is 19.4 Å². The number of nitro benzene ring substituents is 2. The van der Waals surface area contributed by atoms with Crippen LogP contribution in [-0.2, 0) is 10.3 Å². The van der Waals surface area contributed by atoms with Crippen molar-refractivity contribution in [2.24, 2.45) is 0 Å². The molecule has 1 heterocycles. The number of carbonyl (C=O) groups excluding carboxylic acids is 1. The molecule has 1 saturated heterocycles. The third-order valence-corrected chi connectivity index (χ3v) is 4.89. The average Bonchev–Trinajstić information content (AvgIpc) is 3.37. The smallest absolute Gasteiger partial charge is 0.269 e. The Hall–Kier alpha value is -2.65. The van der Waals surface area contributed by atoms with Crippen molar-refractivity contribution in [3.8, 4) is 0 Å². The number of hydrogen-bond donors (Lipinski definition) is 0. The molecule has 1 aliphatic heterocycles. The number of ether oxygens (including phenoxy) is 1. The second-order valence-corrected chi connectivity index (χ2v) is 6.05. The van der Waals surface area contributed by atoms with E-state index in [4.69, 9.17) is 4.74 Å². The van der Waals surface area contributed by atoms with Crippen LogP contribution in [0.5, 0.6) is 0 Å². The lowest BCUT2D eigenvalue weighted by atomic mass is 9.93. The Kier molecular flexibility index (Phi) is 4.36. The highest BCUT2D eigenvalue weighted by Crippen LogP contribution is 2.49. The Morgan fingerprint density at radius 2 is 1.48 bits per heavy atom. The van der Waals surface area contributed by atoms with Gasteiger partial charge < -0.3 is 4.74 Å². The van der Waals surface area contributed by atoms with E-state index < -0.39 is 21.6 Å². The van der Waals surface area contributed by atoms with Gasteiger partial charge in [-0.1, -0.05) is 15.9 Å². The standard InChI is InChI=1S/C16H11BrN2O6/c17-9-16(11-3-7-13(8-4-11)19(23)24)15(25-16)14(20)10-1-5-12(6-2-10)18(21)22/h1-8,15H,9H2. The maximum absolute atomic E-state index is 12.6. The van der Waals surface area contributed by atoms with Crippen LogP contribution in [0, 0.1) is 20.2 Å². The molecule has 0 aliphatic carbocycles. The number of benzene rings is 2. The predicted octanol–water partition coefficient (Wildman–Crippen LogP) is 3.37. The van der Waals surface area contributed by atoms with Crippen molar-refractivity contribution >= 4 is 33.1 Å².